The molecule has 4 heterocycles. The second-order valence-corrected chi connectivity index (χ2v) is 8.08. The minimum absolute atomic E-state index is 0.530. The zero-order valence-corrected chi connectivity index (χ0v) is 14.6. The molecule has 1 aliphatic heterocycles. The Labute approximate surface area is 143 Å². The fourth-order valence-corrected chi connectivity index (χ4v) is 4.51. The second-order valence-electron chi connectivity index (χ2n) is 5.86. The van der Waals surface area contributed by atoms with Gasteiger partial charge in [-0.15, -0.1) is 32.9 Å². The highest BCUT2D eigenvalue weighted by molar-refractivity contribution is 7.13. The average molecular weight is 346 g/mol. The van der Waals surface area contributed by atoms with Gasteiger partial charge in [0.05, 0.1) is 16.4 Å². The van der Waals surface area contributed by atoms with E-state index in [0.717, 1.165) is 24.5 Å². The van der Waals surface area contributed by atoms with Gasteiger partial charge in [0, 0.05) is 23.5 Å². The number of aromatic nitrogens is 3. The fourth-order valence-electron chi connectivity index (χ4n) is 2.97. The number of piperidine rings is 1. The van der Waals surface area contributed by atoms with Gasteiger partial charge in [0.15, 0.2) is 0 Å². The van der Waals surface area contributed by atoms with Crippen LogP contribution in [0, 0.1) is 6.92 Å². The van der Waals surface area contributed by atoms with E-state index in [1.165, 1.54) is 22.7 Å². The van der Waals surface area contributed by atoms with Crippen LogP contribution in [-0.2, 0) is 6.54 Å². The number of rotatable bonds is 4. The third-order valence-corrected chi connectivity index (χ3v) is 5.98. The molecule has 1 atom stereocenters. The maximum absolute atomic E-state index is 5.81. The van der Waals surface area contributed by atoms with Gasteiger partial charge < -0.3 is 4.42 Å². The molecule has 0 radical (unpaired) electrons. The van der Waals surface area contributed by atoms with E-state index in [4.69, 9.17) is 4.42 Å². The van der Waals surface area contributed by atoms with E-state index in [2.05, 4.69) is 27.0 Å². The molecule has 1 aliphatic rings. The Morgan fingerprint density at radius 2 is 2.35 bits per heavy atom. The first-order chi connectivity index (χ1) is 11.3. The Balaban J connectivity index is 1.42. The van der Waals surface area contributed by atoms with Crippen molar-refractivity contribution in [1.82, 2.24) is 20.1 Å². The van der Waals surface area contributed by atoms with Crippen LogP contribution in [-0.4, -0.2) is 33.2 Å². The van der Waals surface area contributed by atoms with Crippen molar-refractivity contribution in [2.45, 2.75) is 32.2 Å². The summed E-state index contributed by atoms with van der Waals surface area (Å²) in [5.74, 6) is 1.85. The summed E-state index contributed by atoms with van der Waals surface area (Å²) in [4.78, 5) is 9.27. The maximum Gasteiger partial charge on any atom is 0.257 e. The van der Waals surface area contributed by atoms with Crippen molar-refractivity contribution >= 4 is 22.7 Å². The molecule has 120 valence electrons. The van der Waals surface area contributed by atoms with Crippen LogP contribution in [0.1, 0.15) is 34.5 Å². The molecule has 0 N–H and O–H groups in total. The first kappa shape index (κ1) is 15.0. The first-order valence-electron chi connectivity index (χ1n) is 7.79. The van der Waals surface area contributed by atoms with Crippen LogP contribution in [0.25, 0.3) is 10.8 Å². The number of likely N-dealkylation sites (tertiary alicyclic amines) is 1. The lowest BCUT2D eigenvalue weighted by Crippen LogP contribution is -2.33. The zero-order valence-electron chi connectivity index (χ0n) is 12.9. The molecule has 3 aromatic rings. The van der Waals surface area contributed by atoms with E-state index in [0.29, 0.717) is 17.7 Å². The Morgan fingerprint density at radius 3 is 3.13 bits per heavy atom. The molecule has 3 aromatic heterocycles. The van der Waals surface area contributed by atoms with Crippen molar-refractivity contribution < 1.29 is 4.42 Å². The summed E-state index contributed by atoms with van der Waals surface area (Å²) in [7, 11) is 0. The van der Waals surface area contributed by atoms with Gasteiger partial charge in [-0.1, -0.05) is 6.07 Å². The van der Waals surface area contributed by atoms with Crippen molar-refractivity contribution in [2.75, 3.05) is 13.1 Å². The first-order valence-corrected chi connectivity index (χ1v) is 9.48. The standard InChI is InChI=1S/C16H18N4OS2/c1-11-8-17-16(23-11)12-4-2-6-20(9-12)10-14-18-19-15(21-14)13-5-3-7-22-13/h3,5,7-8,12H,2,4,6,9-10H2,1H3. The lowest BCUT2D eigenvalue weighted by atomic mass is 9.99. The van der Waals surface area contributed by atoms with Gasteiger partial charge in [0.1, 0.15) is 0 Å². The Bertz CT molecular complexity index is 765. The largest absolute Gasteiger partial charge is 0.419 e. The molecule has 1 unspecified atom stereocenters. The van der Waals surface area contributed by atoms with Crippen LogP contribution < -0.4 is 0 Å². The number of hydrogen-bond donors (Lipinski definition) is 0. The maximum atomic E-state index is 5.81. The van der Waals surface area contributed by atoms with Gasteiger partial charge in [-0.25, -0.2) is 4.98 Å². The summed E-state index contributed by atoms with van der Waals surface area (Å²) in [5.41, 5.74) is 0. The highest BCUT2D eigenvalue weighted by atomic mass is 32.1. The van der Waals surface area contributed by atoms with E-state index in [1.54, 1.807) is 11.3 Å². The van der Waals surface area contributed by atoms with E-state index in [1.807, 2.05) is 35.0 Å². The van der Waals surface area contributed by atoms with Crippen LogP contribution in [0.15, 0.2) is 28.1 Å². The molecule has 0 aliphatic carbocycles. The molecule has 0 bridgehead atoms. The van der Waals surface area contributed by atoms with Crippen molar-refractivity contribution in [3.8, 4) is 10.8 Å². The minimum atomic E-state index is 0.530. The fraction of sp³-hybridized carbons (Fsp3) is 0.438. The van der Waals surface area contributed by atoms with Crippen LogP contribution in [0.5, 0.6) is 0 Å². The molecule has 5 nitrogen and oxygen atoms in total. The average Bonchev–Trinajstić information content (AvgIpc) is 3.28. The van der Waals surface area contributed by atoms with Gasteiger partial charge in [0.25, 0.3) is 5.89 Å². The Morgan fingerprint density at radius 1 is 1.39 bits per heavy atom. The number of aryl methyl sites for hydroxylation is 1. The predicted octanol–water partition coefficient (Wildman–Crippen LogP) is 3.94. The van der Waals surface area contributed by atoms with Crippen LogP contribution in [0.2, 0.25) is 0 Å². The highest BCUT2D eigenvalue weighted by Crippen LogP contribution is 2.30. The molecule has 0 saturated carbocycles. The third kappa shape index (κ3) is 3.36. The van der Waals surface area contributed by atoms with Crippen molar-refractivity contribution in [3.63, 3.8) is 0 Å². The van der Waals surface area contributed by atoms with Crippen molar-refractivity contribution in [3.05, 3.63) is 39.5 Å². The monoisotopic (exact) mass is 346 g/mol. The summed E-state index contributed by atoms with van der Waals surface area (Å²) in [6.07, 6.45) is 4.38. The summed E-state index contributed by atoms with van der Waals surface area (Å²) in [6, 6.07) is 4.00. The highest BCUT2D eigenvalue weighted by Gasteiger charge is 2.24. The van der Waals surface area contributed by atoms with Gasteiger partial charge in [-0.05, 0) is 37.8 Å². The molecule has 23 heavy (non-hydrogen) atoms. The van der Waals surface area contributed by atoms with Gasteiger partial charge in [-0.2, -0.15) is 0 Å². The molecule has 1 saturated heterocycles. The molecule has 0 spiro atoms. The summed E-state index contributed by atoms with van der Waals surface area (Å²) < 4.78 is 5.81. The summed E-state index contributed by atoms with van der Waals surface area (Å²) in [5, 5.41) is 11.6. The number of nitrogens with zero attached hydrogens (tertiary/aromatic N) is 4. The molecule has 0 amide bonds. The lowest BCUT2D eigenvalue weighted by molar-refractivity contribution is 0.184. The second kappa shape index (κ2) is 6.51. The molecule has 0 aromatic carbocycles. The quantitative estimate of drug-likeness (QED) is 0.716. The van der Waals surface area contributed by atoms with Crippen molar-refractivity contribution in [1.29, 1.82) is 0 Å². The van der Waals surface area contributed by atoms with Gasteiger partial charge in [-0.3, -0.25) is 4.90 Å². The third-order valence-electron chi connectivity index (χ3n) is 4.05. The van der Waals surface area contributed by atoms with Gasteiger partial charge >= 0.3 is 0 Å². The Hall–Kier alpha value is -1.57. The smallest absolute Gasteiger partial charge is 0.257 e. The van der Waals surface area contributed by atoms with Crippen LogP contribution >= 0.6 is 22.7 Å². The molecule has 1 fully saturated rings. The minimum Gasteiger partial charge on any atom is -0.419 e. The Kier molecular flexibility index (Phi) is 4.24. The summed E-state index contributed by atoms with van der Waals surface area (Å²) in [6.45, 7) is 4.94. The number of thiazole rings is 1. The number of hydrogen-bond acceptors (Lipinski definition) is 7. The number of thiophene rings is 1. The molecule has 7 heteroatoms. The zero-order chi connectivity index (χ0) is 15.6. The van der Waals surface area contributed by atoms with E-state index in [9.17, 15) is 0 Å². The lowest BCUT2D eigenvalue weighted by Gasteiger charge is -2.30. The van der Waals surface area contributed by atoms with Crippen LogP contribution in [0.3, 0.4) is 0 Å². The molecular weight excluding hydrogens is 328 g/mol. The van der Waals surface area contributed by atoms with E-state index < -0.39 is 0 Å². The molecule has 4 rings (SSSR count). The molecular formula is C16H18N4OS2. The predicted molar refractivity (Wildman–Crippen MR) is 91.7 cm³/mol. The normalized spacial score (nSPS) is 19.3. The summed E-state index contributed by atoms with van der Waals surface area (Å²) >= 11 is 3.44. The topological polar surface area (TPSA) is 55.1 Å². The SMILES string of the molecule is Cc1cnc(C2CCCN(Cc3nnc(-c4cccs4)o3)C2)s1. The van der Waals surface area contributed by atoms with Crippen LogP contribution in [0.4, 0.5) is 0 Å². The van der Waals surface area contributed by atoms with E-state index in [-0.39, 0.29) is 0 Å². The van der Waals surface area contributed by atoms with Gasteiger partial charge in [0.2, 0.25) is 5.89 Å². The van der Waals surface area contributed by atoms with Crippen molar-refractivity contribution in [2.24, 2.45) is 0 Å². The van der Waals surface area contributed by atoms with E-state index >= 15 is 0 Å².